The fraction of sp³-hybridized carbons (Fsp3) is 0.273. The van der Waals surface area contributed by atoms with Gasteiger partial charge in [-0.05, 0) is 57.4 Å². The summed E-state index contributed by atoms with van der Waals surface area (Å²) >= 11 is 1.56. The second-order valence-electron chi connectivity index (χ2n) is 7.25. The molecule has 0 aliphatic heterocycles. The number of nitrogens with one attached hydrogen (secondary N) is 1. The van der Waals surface area contributed by atoms with Gasteiger partial charge in [-0.2, -0.15) is 5.10 Å². The highest BCUT2D eigenvalue weighted by atomic mass is 32.2. The summed E-state index contributed by atoms with van der Waals surface area (Å²) in [5.74, 6) is -0.429. The van der Waals surface area contributed by atoms with Crippen LogP contribution in [0.5, 0.6) is 0 Å². The van der Waals surface area contributed by atoms with E-state index >= 15 is 0 Å². The minimum atomic E-state index is -4.02. The van der Waals surface area contributed by atoms with Gasteiger partial charge in [0, 0.05) is 17.6 Å². The normalized spacial score (nSPS) is 11.4. The molecule has 3 rings (SSSR count). The van der Waals surface area contributed by atoms with Crippen molar-refractivity contribution in [3.05, 3.63) is 65.5 Å². The van der Waals surface area contributed by atoms with Gasteiger partial charge in [-0.15, -0.1) is 11.8 Å². The van der Waals surface area contributed by atoms with Crippen molar-refractivity contribution in [3.63, 3.8) is 0 Å². The van der Waals surface area contributed by atoms with Crippen molar-refractivity contribution in [2.24, 2.45) is 7.05 Å². The maximum Gasteiger partial charge on any atom is 0.268 e. The number of hydrogen-bond donors (Lipinski definition) is 1. The lowest BCUT2D eigenvalue weighted by Gasteiger charge is -2.24. The Hall–Kier alpha value is -2.78. The van der Waals surface area contributed by atoms with E-state index in [9.17, 15) is 13.2 Å². The molecule has 164 valence electrons. The number of aryl methyl sites for hydroxylation is 3. The van der Waals surface area contributed by atoms with Gasteiger partial charge in [0.2, 0.25) is 5.91 Å². The lowest BCUT2D eigenvalue weighted by atomic mass is 10.2. The number of carbonyl (C=O) groups is 1. The minimum Gasteiger partial charge on any atom is -0.324 e. The average Bonchev–Trinajstić information content (AvgIpc) is 2.99. The van der Waals surface area contributed by atoms with Gasteiger partial charge in [0.1, 0.15) is 11.4 Å². The number of aromatic nitrogens is 2. The van der Waals surface area contributed by atoms with Crippen molar-refractivity contribution in [2.75, 3.05) is 22.4 Å². The van der Waals surface area contributed by atoms with Gasteiger partial charge in [-0.3, -0.25) is 13.8 Å². The van der Waals surface area contributed by atoms with Gasteiger partial charge in [0.05, 0.1) is 17.1 Å². The Bertz CT molecular complexity index is 1200. The molecule has 0 aliphatic carbocycles. The van der Waals surface area contributed by atoms with Crippen LogP contribution in [0, 0.1) is 20.8 Å². The van der Waals surface area contributed by atoms with E-state index in [-0.39, 0.29) is 11.4 Å². The van der Waals surface area contributed by atoms with E-state index in [1.165, 1.54) is 4.68 Å². The standard InChI is InChI=1S/C22H26N4O3S2/c1-15-9-11-19(12-10-15)26(31(28,29)22-16(2)24-25(4)17(22)3)14-21(27)23-18-7-6-8-20(13-18)30-5/h6-13H,14H2,1-5H3,(H,23,27). The molecule has 0 spiro atoms. The molecule has 0 saturated carbocycles. The first-order chi connectivity index (χ1) is 14.6. The van der Waals surface area contributed by atoms with Gasteiger partial charge in [-0.25, -0.2) is 8.42 Å². The molecule has 1 amide bonds. The van der Waals surface area contributed by atoms with Crippen LogP contribution in [0.4, 0.5) is 11.4 Å². The summed E-state index contributed by atoms with van der Waals surface area (Å²) in [6, 6.07) is 14.5. The maximum atomic E-state index is 13.7. The molecule has 0 fully saturated rings. The molecule has 0 unspecified atom stereocenters. The van der Waals surface area contributed by atoms with Crippen molar-refractivity contribution in [2.45, 2.75) is 30.6 Å². The summed E-state index contributed by atoms with van der Waals surface area (Å²) in [7, 11) is -2.33. The first-order valence-corrected chi connectivity index (χ1v) is 12.3. The Morgan fingerprint density at radius 1 is 1.13 bits per heavy atom. The molecule has 3 aromatic rings. The third kappa shape index (κ3) is 4.94. The number of sulfonamides is 1. The van der Waals surface area contributed by atoms with Gasteiger partial charge in [0.25, 0.3) is 10.0 Å². The van der Waals surface area contributed by atoms with Crippen molar-refractivity contribution in [3.8, 4) is 0 Å². The highest BCUT2D eigenvalue weighted by molar-refractivity contribution is 7.98. The lowest BCUT2D eigenvalue weighted by Crippen LogP contribution is -2.38. The van der Waals surface area contributed by atoms with Gasteiger partial charge < -0.3 is 5.32 Å². The minimum absolute atomic E-state index is 0.118. The van der Waals surface area contributed by atoms with Crippen LogP contribution in [-0.4, -0.2) is 36.9 Å². The van der Waals surface area contributed by atoms with Crippen LogP contribution in [0.3, 0.4) is 0 Å². The number of amides is 1. The molecule has 0 bridgehead atoms. The molecule has 7 nitrogen and oxygen atoms in total. The number of nitrogens with zero attached hydrogens (tertiary/aromatic N) is 3. The first kappa shape index (κ1) is 22.9. The van der Waals surface area contributed by atoms with Gasteiger partial charge in [0.15, 0.2) is 0 Å². The van der Waals surface area contributed by atoms with E-state index in [1.807, 2.05) is 43.5 Å². The van der Waals surface area contributed by atoms with Crippen molar-refractivity contribution < 1.29 is 13.2 Å². The predicted octanol–water partition coefficient (Wildman–Crippen LogP) is 3.90. The van der Waals surface area contributed by atoms with Crippen LogP contribution >= 0.6 is 11.8 Å². The smallest absolute Gasteiger partial charge is 0.268 e. The summed E-state index contributed by atoms with van der Waals surface area (Å²) in [6.07, 6.45) is 1.95. The highest BCUT2D eigenvalue weighted by Crippen LogP contribution is 2.28. The molecule has 0 atom stereocenters. The van der Waals surface area contributed by atoms with Crippen molar-refractivity contribution in [1.29, 1.82) is 0 Å². The largest absolute Gasteiger partial charge is 0.324 e. The van der Waals surface area contributed by atoms with Crippen LogP contribution in [0.15, 0.2) is 58.3 Å². The lowest BCUT2D eigenvalue weighted by molar-refractivity contribution is -0.114. The quantitative estimate of drug-likeness (QED) is 0.543. The third-order valence-electron chi connectivity index (χ3n) is 4.95. The average molecular weight is 459 g/mol. The van der Waals surface area contributed by atoms with Crippen molar-refractivity contribution >= 4 is 39.1 Å². The predicted molar refractivity (Wildman–Crippen MR) is 125 cm³/mol. The van der Waals surface area contributed by atoms with Gasteiger partial charge >= 0.3 is 0 Å². The SMILES string of the molecule is CSc1cccc(NC(=O)CN(c2ccc(C)cc2)S(=O)(=O)c2c(C)nn(C)c2C)c1. The topological polar surface area (TPSA) is 84.3 Å². The van der Waals surface area contributed by atoms with E-state index < -0.39 is 15.9 Å². The molecular formula is C22H26N4O3S2. The fourth-order valence-electron chi connectivity index (χ4n) is 3.30. The van der Waals surface area contributed by atoms with E-state index in [0.29, 0.717) is 22.8 Å². The fourth-order valence-corrected chi connectivity index (χ4v) is 5.58. The zero-order chi connectivity index (χ0) is 22.8. The van der Waals surface area contributed by atoms with E-state index in [1.54, 1.807) is 50.9 Å². The second-order valence-corrected chi connectivity index (χ2v) is 9.93. The Morgan fingerprint density at radius 3 is 2.39 bits per heavy atom. The molecule has 1 N–H and O–H groups in total. The molecular weight excluding hydrogens is 432 g/mol. The van der Waals surface area contributed by atoms with E-state index in [0.717, 1.165) is 14.8 Å². The molecule has 0 aliphatic rings. The summed E-state index contributed by atoms with van der Waals surface area (Å²) in [5, 5.41) is 7.05. The Kier molecular flexibility index (Phi) is 6.76. The molecule has 1 heterocycles. The second kappa shape index (κ2) is 9.15. The Balaban J connectivity index is 1.98. The summed E-state index contributed by atoms with van der Waals surface area (Å²) < 4.78 is 30.0. The zero-order valence-electron chi connectivity index (χ0n) is 18.2. The zero-order valence-corrected chi connectivity index (χ0v) is 19.8. The molecule has 9 heteroatoms. The monoisotopic (exact) mass is 458 g/mol. The first-order valence-electron chi connectivity index (χ1n) is 9.67. The summed E-state index contributed by atoms with van der Waals surface area (Å²) in [6.45, 7) is 4.92. The van der Waals surface area contributed by atoms with E-state index in [4.69, 9.17) is 0 Å². The van der Waals surface area contributed by atoms with Crippen LogP contribution in [0.1, 0.15) is 17.0 Å². The molecule has 2 aromatic carbocycles. The van der Waals surface area contributed by atoms with Crippen LogP contribution < -0.4 is 9.62 Å². The molecule has 0 radical (unpaired) electrons. The number of rotatable bonds is 7. The third-order valence-corrected chi connectivity index (χ3v) is 7.71. The van der Waals surface area contributed by atoms with E-state index in [2.05, 4.69) is 10.4 Å². The number of thioether (sulfide) groups is 1. The number of anilines is 2. The number of benzene rings is 2. The highest BCUT2D eigenvalue weighted by Gasteiger charge is 2.32. The van der Waals surface area contributed by atoms with Crippen LogP contribution in [0.2, 0.25) is 0 Å². The number of hydrogen-bond acceptors (Lipinski definition) is 5. The molecule has 0 saturated heterocycles. The Morgan fingerprint density at radius 2 is 1.81 bits per heavy atom. The maximum absolute atomic E-state index is 13.7. The summed E-state index contributed by atoms with van der Waals surface area (Å²) in [4.78, 5) is 14.0. The van der Waals surface area contributed by atoms with Crippen LogP contribution in [-0.2, 0) is 21.9 Å². The molecule has 1 aromatic heterocycles. The molecule has 31 heavy (non-hydrogen) atoms. The summed E-state index contributed by atoms with van der Waals surface area (Å²) in [5.41, 5.74) is 2.94. The Labute approximate surface area is 187 Å². The van der Waals surface area contributed by atoms with Gasteiger partial charge in [-0.1, -0.05) is 23.8 Å². The number of carbonyl (C=O) groups excluding carboxylic acids is 1. The van der Waals surface area contributed by atoms with Crippen LogP contribution in [0.25, 0.3) is 0 Å². The van der Waals surface area contributed by atoms with Crippen molar-refractivity contribution in [1.82, 2.24) is 9.78 Å².